The Morgan fingerprint density at radius 2 is 0.980 bits per heavy atom. The van der Waals surface area contributed by atoms with Gasteiger partial charge in [-0.1, -0.05) is 63.8 Å². The number of amides is 2. The molecule has 0 aromatic carbocycles. The molecule has 2 rings (SSSR count). The number of esters is 3. The van der Waals surface area contributed by atoms with E-state index in [0.29, 0.717) is 0 Å². The molecule has 2 aliphatic rings. The quantitative estimate of drug-likeness (QED) is 0.245. The number of carbonyl (C=O) groups is 6. The van der Waals surface area contributed by atoms with Crippen LogP contribution >= 0.6 is 0 Å². The zero-order chi connectivity index (χ0) is 35.9. The van der Waals surface area contributed by atoms with Crippen LogP contribution in [-0.2, 0) is 43.0 Å². The van der Waals surface area contributed by atoms with Gasteiger partial charge in [-0.15, -0.1) is 0 Å². The Hall–Kier alpha value is -3.26. The van der Waals surface area contributed by atoms with Gasteiger partial charge in [-0.3, -0.25) is 19.2 Å². The molecule has 3 N–H and O–H groups in total. The predicted molar refractivity (Wildman–Crippen MR) is 185 cm³/mol. The fourth-order valence-corrected chi connectivity index (χ4v) is 5.49. The van der Waals surface area contributed by atoms with E-state index in [1.807, 2.05) is 20.8 Å². The van der Waals surface area contributed by atoms with Gasteiger partial charge in [0.05, 0.1) is 51.1 Å². The van der Waals surface area contributed by atoms with Crippen molar-refractivity contribution in [3.8, 4) is 0 Å². The SMILES string of the molecule is C.C.C.COC(=O)[C@@H]1C[C@@H](O)CN1C(=O)[C@@H](CC(=O)O)C(C)(C)C.COC(=O)[C@@H]1C[C@@H](O)CN1C(=O)[C@@H](CC(=O)OC(C)(C)C)C(C)(C)C. The first-order chi connectivity index (χ1) is 20.8. The summed E-state index contributed by atoms with van der Waals surface area (Å²) in [7, 11) is 2.46. The van der Waals surface area contributed by atoms with Gasteiger partial charge in [0, 0.05) is 25.9 Å². The molecule has 2 saturated heterocycles. The summed E-state index contributed by atoms with van der Waals surface area (Å²) in [6.07, 6.45) is -1.73. The molecule has 6 atom stereocenters. The smallest absolute Gasteiger partial charge is 0.328 e. The van der Waals surface area contributed by atoms with E-state index in [1.165, 1.54) is 24.0 Å². The highest BCUT2D eigenvalue weighted by Gasteiger charge is 2.46. The molecule has 2 heterocycles. The van der Waals surface area contributed by atoms with Gasteiger partial charge >= 0.3 is 23.9 Å². The van der Waals surface area contributed by atoms with E-state index in [-0.39, 0.29) is 67.0 Å². The second-order valence-corrected chi connectivity index (χ2v) is 15.1. The minimum Gasteiger partial charge on any atom is -0.481 e. The first kappa shape index (κ1) is 50.1. The topological polar surface area (TPSA) is 197 Å². The fourth-order valence-electron chi connectivity index (χ4n) is 5.49. The van der Waals surface area contributed by atoms with Crippen LogP contribution in [0.5, 0.6) is 0 Å². The molecular formula is C35H66N2O12. The molecule has 0 aromatic heterocycles. The monoisotopic (exact) mass is 706 g/mol. The number of ether oxygens (including phenoxy) is 3. The Morgan fingerprint density at radius 3 is 1.24 bits per heavy atom. The molecule has 0 aromatic rings. The number of carbonyl (C=O) groups excluding carboxylic acids is 5. The number of hydrogen-bond donors (Lipinski definition) is 3. The minimum absolute atomic E-state index is 0. The summed E-state index contributed by atoms with van der Waals surface area (Å²) in [4.78, 5) is 75.2. The van der Waals surface area contributed by atoms with Crippen LogP contribution in [0.25, 0.3) is 0 Å². The summed E-state index contributed by atoms with van der Waals surface area (Å²) in [6.45, 7) is 16.3. The van der Waals surface area contributed by atoms with Crippen LogP contribution in [0.4, 0.5) is 0 Å². The number of nitrogens with zero attached hydrogens (tertiary/aromatic N) is 2. The van der Waals surface area contributed by atoms with E-state index in [2.05, 4.69) is 4.74 Å². The Morgan fingerprint density at radius 1 is 0.653 bits per heavy atom. The summed E-state index contributed by atoms with van der Waals surface area (Å²) in [5.41, 5.74) is -1.72. The van der Waals surface area contributed by atoms with Gasteiger partial charge < -0.3 is 39.3 Å². The predicted octanol–water partition coefficient (Wildman–Crippen LogP) is 3.68. The number of methoxy groups -OCH3 is 2. The largest absolute Gasteiger partial charge is 0.481 e. The molecular weight excluding hydrogens is 640 g/mol. The highest BCUT2D eigenvalue weighted by molar-refractivity contribution is 5.90. The highest BCUT2D eigenvalue weighted by atomic mass is 16.6. The Balaban J connectivity index is -0.000000824. The molecule has 0 spiro atoms. The Bertz CT molecular complexity index is 1120. The summed E-state index contributed by atoms with van der Waals surface area (Å²) >= 11 is 0. The van der Waals surface area contributed by atoms with E-state index < -0.39 is 82.3 Å². The van der Waals surface area contributed by atoms with E-state index >= 15 is 0 Å². The van der Waals surface area contributed by atoms with Gasteiger partial charge in [-0.05, 0) is 31.6 Å². The lowest BCUT2D eigenvalue weighted by Gasteiger charge is -2.34. The van der Waals surface area contributed by atoms with Crippen molar-refractivity contribution in [3.05, 3.63) is 0 Å². The van der Waals surface area contributed by atoms with Crippen molar-refractivity contribution in [1.29, 1.82) is 0 Å². The Labute approximate surface area is 293 Å². The van der Waals surface area contributed by atoms with Crippen molar-refractivity contribution in [2.45, 2.75) is 140 Å². The molecule has 288 valence electrons. The lowest BCUT2D eigenvalue weighted by molar-refractivity contribution is -0.162. The van der Waals surface area contributed by atoms with E-state index in [4.69, 9.17) is 14.6 Å². The fraction of sp³-hybridized carbons (Fsp3) is 0.829. The lowest BCUT2D eigenvalue weighted by Crippen LogP contribution is -2.48. The van der Waals surface area contributed by atoms with Gasteiger partial charge in [-0.2, -0.15) is 0 Å². The molecule has 0 aliphatic carbocycles. The van der Waals surface area contributed by atoms with Crippen molar-refractivity contribution in [1.82, 2.24) is 9.80 Å². The van der Waals surface area contributed by atoms with Crippen molar-refractivity contribution >= 4 is 35.7 Å². The molecule has 14 heteroatoms. The second kappa shape index (κ2) is 19.8. The number of carboxylic acids is 1. The zero-order valence-corrected chi connectivity index (χ0v) is 29.1. The van der Waals surface area contributed by atoms with Gasteiger partial charge in [0.1, 0.15) is 17.7 Å². The van der Waals surface area contributed by atoms with Crippen molar-refractivity contribution in [2.24, 2.45) is 22.7 Å². The number of carboxylic acid groups (broad SMARTS) is 1. The van der Waals surface area contributed by atoms with Gasteiger partial charge in [0.2, 0.25) is 11.8 Å². The molecule has 0 saturated carbocycles. The van der Waals surface area contributed by atoms with Crippen molar-refractivity contribution < 1.29 is 58.3 Å². The maximum Gasteiger partial charge on any atom is 0.328 e. The van der Waals surface area contributed by atoms with Crippen LogP contribution in [0.15, 0.2) is 0 Å². The van der Waals surface area contributed by atoms with Crippen LogP contribution in [0.3, 0.4) is 0 Å². The van der Waals surface area contributed by atoms with E-state index in [0.717, 1.165) is 0 Å². The van der Waals surface area contributed by atoms with Crippen molar-refractivity contribution in [3.63, 3.8) is 0 Å². The highest BCUT2D eigenvalue weighted by Crippen LogP contribution is 2.35. The summed E-state index contributed by atoms with van der Waals surface area (Å²) in [5.74, 6) is -4.90. The molecule has 0 unspecified atom stereocenters. The summed E-state index contributed by atoms with van der Waals surface area (Å²) < 4.78 is 14.7. The van der Waals surface area contributed by atoms with Crippen LogP contribution < -0.4 is 0 Å². The first-order valence-corrected chi connectivity index (χ1v) is 15.4. The third kappa shape index (κ3) is 15.0. The first-order valence-electron chi connectivity index (χ1n) is 15.4. The Kier molecular flexibility index (Phi) is 20.3. The summed E-state index contributed by atoms with van der Waals surface area (Å²) in [5, 5.41) is 28.6. The number of hydrogen-bond acceptors (Lipinski definition) is 11. The summed E-state index contributed by atoms with van der Waals surface area (Å²) in [6, 6.07) is -1.67. The molecule has 49 heavy (non-hydrogen) atoms. The van der Waals surface area contributed by atoms with Crippen LogP contribution in [0.1, 0.15) is 110 Å². The number of β-amino-alcohol motifs (C(OH)–C–C–N with tert-alkyl or cyclic N) is 2. The molecule has 2 aliphatic heterocycles. The number of aliphatic hydroxyl groups is 2. The lowest BCUT2D eigenvalue weighted by atomic mass is 9.77. The van der Waals surface area contributed by atoms with Crippen LogP contribution in [-0.4, -0.2) is 118 Å². The molecule has 0 bridgehead atoms. The molecule has 2 amide bonds. The number of aliphatic hydroxyl groups excluding tert-OH is 2. The number of aliphatic carboxylic acids is 1. The van der Waals surface area contributed by atoms with E-state index in [9.17, 15) is 39.0 Å². The maximum atomic E-state index is 13.1. The third-order valence-electron chi connectivity index (χ3n) is 7.93. The van der Waals surface area contributed by atoms with Gasteiger partial charge in [-0.25, -0.2) is 9.59 Å². The molecule has 0 radical (unpaired) electrons. The third-order valence-corrected chi connectivity index (χ3v) is 7.93. The maximum absolute atomic E-state index is 13.1. The van der Waals surface area contributed by atoms with Crippen molar-refractivity contribution in [2.75, 3.05) is 27.3 Å². The minimum atomic E-state index is -1.07. The van der Waals surface area contributed by atoms with Gasteiger partial charge in [0.25, 0.3) is 0 Å². The molecule has 2 fully saturated rings. The van der Waals surface area contributed by atoms with Gasteiger partial charge in [0.15, 0.2) is 0 Å². The van der Waals surface area contributed by atoms with E-state index in [1.54, 1.807) is 41.5 Å². The number of likely N-dealkylation sites (tertiary alicyclic amines) is 2. The average Bonchev–Trinajstić information content (AvgIpc) is 3.49. The standard InChI is InChI=1S/C18H31NO6.C14H23NO6.3CH4/c1-17(2,3)12(9-14(21)25-18(4,5)6)15(22)19-10-11(20)8-13(19)16(23)24-7;1-14(2,3)9(6-11(17)18)12(19)15-7-8(16)5-10(15)13(20)21-4;;;/h11-13,20H,8-10H2,1-7H3;8-10,16H,5-7H2,1-4H3,(H,17,18);3*1H4/t11-,12-,13+;8-,9-,10+;;;/m11.../s1. The zero-order valence-electron chi connectivity index (χ0n) is 29.1. The van der Waals surface area contributed by atoms with Crippen LogP contribution in [0.2, 0.25) is 0 Å². The second-order valence-electron chi connectivity index (χ2n) is 15.1. The molecule has 14 nitrogen and oxygen atoms in total. The number of rotatable bonds is 8. The van der Waals surface area contributed by atoms with Crippen LogP contribution in [0, 0.1) is 22.7 Å². The average molecular weight is 707 g/mol. The normalized spacial score (nSPS) is 21.7.